The first kappa shape index (κ1) is 46.2. The standard InChI is InChI=1S/2C17H18N3O3S.Mg.3H2O/c2*1-10-8-18-15(11(2)16(10)23-4)9-24(21)17-19-13-6-5-12(22-3)7-14(13)20-17;;;;/h2*5-8H,9H2,1-4H3;;3*1H2/q2*-1;+2;;;. The van der Waals surface area contributed by atoms with E-state index in [0.29, 0.717) is 43.9 Å². The molecule has 0 spiro atoms. The molecule has 6 rings (SSSR count). The van der Waals surface area contributed by atoms with Crippen LogP contribution in [0.3, 0.4) is 0 Å². The van der Waals surface area contributed by atoms with Gasteiger partial charge in [-0.3, -0.25) is 9.97 Å². The third-order valence-electron chi connectivity index (χ3n) is 7.67. The van der Waals surface area contributed by atoms with Crippen molar-refractivity contribution in [2.24, 2.45) is 0 Å². The quantitative estimate of drug-likeness (QED) is 0.144. The van der Waals surface area contributed by atoms with E-state index in [1.807, 2.05) is 27.7 Å². The first-order valence-corrected chi connectivity index (χ1v) is 17.4. The molecule has 4 heterocycles. The van der Waals surface area contributed by atoms with Gasteiger partial charge in [0.05, 0.1) is 39.8 Å². The number of methoxy groups -OCH3 is 4. The zero-order valence-corrected chi connectivity index (χ0v) is 33.2. The average Bonchev–Trinajstić information content (AvgIpc) is 3.72. The minimum absolute atomic E-state index is 0. The number of rotatable bonds is 10. The number of benzene rings is 2. The van der Waals surface area contributed by atoms with Crippen LogP contribution in [-0.4, -0.2) is 97.0 Å². The second-order valence-electron chi connectivity index (χ2n) is 10.8. The summed E-state index contributed by atoms with van der Waals surface area (Å²) in [4.78, 5) is 26.2. The largest absolute Gasteiger partial charge is 2.00 e. The molecule has 0 saturated heterocycles. The van der Waals surface area contributed by atoms with Gasteiger partial charge in [-0.1, -0.05) is 12.1 Å². The van der Waals surface area contributed by atoms with Gasteiger partial charge >= 0.3 is 23.1 Å². The number of nitrogens with zero attached hydrogens (tertiary/aromatic N) is 6. The molecule has 18 heteroatoms. The first-order chi connectivity index (χ1) is 23.1. The molecule has 2 aromatic carbocycles. The Labute approximate surface area is 323 Å². The van der Waals surface area contributed by atoms with Crippen molar-refractivity contribution < 1.29 is 44.5 Å². The number of fused-ring (bicyclic) bond motifs is 2. The Morgan fingerprint density at radius 2 is 0.962 bits per heavy atom. The molecule has 0 fully saturated rings. The maximum absolute atomic E-state index is 12.6. The molecule has 0 aliphatic rings. The molecule has 6 aromatic rings. The van der Waals surface area contributed by atoms with Gasteiger partial charge in [-0.2, -0.15) is 0 Å². The molecule has 0 aliphatic heterocycles. The van der Waals surface area contributed by atoms with Crippen molar-refractivity contribution in [2.75, 3.05) is 28.4 Å². The van der Waals surface area contributed by atoms with Crippen LogP contribution in [0.15, 0.2) is 59.1 Å². The molecule has 2 atom stereocenters. The van der Waals surface area contributed by atoms with E-state index >= 15 is 0 Å². The molecule has 15 nitrogen and oxygen atoms in total. The predicted molar refractivity (Wildman–Crippen MR) is 201 cm³/mol. The Bertz CT molecular complexity index is 1920. The summed E-state index contributed by atoms with van der Waals surface area (Å²) in [6.45, 7) is 7.69. The topological polar surface area (TPSA) is 257 Å². The Kier molecular flexibility index (Phi) is 18.1. The second kappa shape index (κ2) is 20.4. The number of aromatic nitrogens is 6. The maximum atomic E-state index is 12.6. The van der Waals surface area contributed by atoms with Gasteiger partial charge in [-0.25, -0.2) is 0 Å². The molecule has 0 aliphatic carbocycles. The van der Waals surface area contributed by atoms with E-state index in [-0.39, 0.29) is 51.0 Å². The molecular weight excluding hydrogens is 725 g/mol. The van der Waals surface area contributed by atoms with Crippen molar-refractivity contribution in [3.05, 3.63) is 82.4 Å². The van der Waals surface area contributed by atoms with Crippen molar-refractivity contribution >= 4 is 67.5 Å². The summed E-state index contributed by atoms with van der Waals surface area (Å²) in [5.41, 5.74) is 7.87. The van der Waals surface area contributed by atoms with E-state index < -0.39 is 22.4 Å². The number of ether oxygens (including phenoxy) is 4. The molecule has 6 N–H and O–H groups in total. The van der Waals surface area contributed by atoms with E-state index in [0.717, 1.165) is 45.1 Å². The summed E-state index contributed by atoms with van der Waals surface area (Å²) in [6, 6.07) is 10.8. The van der Waals surface area contributed by atoms with Crippen LogP contribution in [0.4, 0.5) is 0 Å². The third kappa shape index (κ3) is 10.2. The molecule has 52 heavy (non-hydrogen) atoms. The van der Waals surface area contributed by atoms with E-state index in [1.165, 1.54) is 0 Å². The Hall–Kier alpha value is -3.85. The molecule has 0 saturated carbocycles. The van der Waals surface area contributed by atoms with Crippen molar-refractivity contribution in [1.82, 2.24) is 29.9 Å². The summed E-state index contributed by atoms with van der Waals surface area (Å²) in [6.07, 6.45) is 3.46. The van der Waals surface area contributed by atoms with Crippen LogP contribution in [0, 0.1) is 27.7 Å². The Balaban J connectivity index is 0.000000483. The van der Waals surface area contributed by atoms with Crippen LogP contribution < -0.4 is 28.9 Å². The molecule has 4 aromatic heterocycles. The van der Waals surface area contributed by atoms with Crippen molar-refractivity contribution in [1.29, 1.82) is 0 Å². The van der Waals surface area contributed by atoms with E-state index in [9.17, 15) is 9.11 Å². The monoisotopic (exact) mass is 766 g/mol. The normalized spacial score (nSPS) is 11.4. The zero-order valence-electron chi connectivity index (χ0n) is 30.2. The summed E-state index contributed by atoms with van der Waals surface area (Å²) in [5.74, 6) is 3.43. The fourth-order valence-corrected chi connectivity index (χ4v) is 7.24. The van der Waals surface area contributed by atoms with Crippen LogP contribution in [0.2, 0.25) is 0 Å². The van der Waals surface area contributed by atoms with Gasteiger partial charge in [0.1, 0.15) is 33.3 Å². The Morgan fingerprint density at radius 1 is 0.596 bits per heavy atom. The van der Waals surface area contributed by atoms with E-state index in [2.05, 4.69) is 29.9 Å². The number of aryl methyl sites for hydroxylation is 2. The minimum Gasteiger partial charge on any atom is -0.612 e. The SMILES string of the molecule is COc1ccc2[n-]c([S+]([O-])Cc3ncc(C)c(OC)c3C)nc2c1.COc1ccc2[n-]c([S+]([O-])Cc3ncc(C)c(OC)c3C)nc2c1.O.O.O.[Mg+2]. The van der Waals surface area contributed by atoms with Gasteiger partial charge in [0.15, 0.2) is 11.5 Å². The fraction of sp³-hybridized carbons (Fsp3) is 0.294. The van der Waals surface area contributed by atoms with Gasteiger partial charge in [0.2, 0.25) is 0 Å². The second-order valence-corrected chi connectivity index (χ2v) is 13.5. The van der Waals surface area contributed by atoms with Crippen LogP contribution in [0.5, 0.6) is 23.0 Å². The molecule has 276 valence electrons. The van der Waals surface area contributed by atoms with Gasteiger partial charge in [0, 0.05) is 34.6 Å². The average molecular weight is 767 g/mol. The van der Waals surface area contributed by atoms with Crippen LogP contribution in [0.25, 0.3) is 22.1 Å². The summed E-state index contributed by atoms with van der Waals surface area (Å²) < 4.78 is 46.4. The fourth-order valence-electron chi connectivity index (χ4n) is 5.11. The predicted octanol–water partition coefficient (Wildman–Crippen LogP) is 2.20. The molecule has 0 bridgehead atoms. The molecule has 2 unspecified atom stereocenters. The number of imidazole rings is 2. The molecular formula is C34H42MgN6O9S2. The smallest absolute Gasteiger partial charge is 0.612 e. The van der Waals surface area contributed by atoms with Crippen LogP contribution in [0.1, 0.15) is 33.6 Å². The van der Waals surface area contributed by atoms with Gasteiger partial charge in [-0.05, 0) is 96.4 Å². The number of pyridine rings is 2. The maximum Gasteiger partial charge on any atom is 2.00 e. The molecule has 0 radical (unpaired) electrons. The zero-order chi connectivity index (χ0) is 34.5. The number of hydrogen-bond donors (Lipinski definition) is 0. The molecule has 0 amide bonds. The van der Waals surface area contributed by atoms with Crippen LogP contribution in [-0.2, 0) is 33.9 Å². The van der Waals surface area contributed by atoms with E-state index in [4.69, 9.17) is 18.9 Å². The van der Waals surface area contributed by atoms with Gasteiger partial charge in [0.25, 0.3) is 0 Å². The third-order valence-corrected chi connectivity index (χ3v) is 9.92. The van der Waals surface area contributed by atoms with Gasteiger partial charge in [-0.15, -0.1) is 0 Å². The number of hydrogen-bond acceptors (Lipinski definition) is 10. The summed E-state index contributed by atoms with van der Waals surface area (Å²) in [7, 11) is 6.43. The van der Waals surface area contributed by atoms with Crippen molar-refractivity contribution in [3.63, 3.8) is 0 Å². The van der Waals surface area contributed by atoms with Crippen LogP contribution >= 0.6 is 0 Å². The van der Waals surface area contributed by atoms with Crippen molar-refractivity contribution in [3.8, 4) is 23.0 Å². The van der Waals surface area contributed by atoms with E-state index in [1.54, 1.807) is 77.2 Å². The minimum atomic E-state index is -1.38. The van der Waals surface area contributed by atoms with Crippen molar-refractivity contribution in [2.45, 2.75) is 49.5 Å². The Morgan fingerprint density at radius 3 is 1.29 bits per heavy atom. The summed E-state index contributed by atoms with van der Waals surface area (Å²) in [5, 5.41) is 0.609. The van der Waals surface area contributed by atoms with Gasteiger partial charge < -0.3 is 64.4 Å². The summed E-state index contributed by atoms with van der Waals surface area (Å²) >= 11 is -2.77. The first-order valence-electron chi connectivity index (χ1n) is 14.8.